The first-order valence-corrected chi connectivity index (χ1v) is 9.48. The summed E-state index contributed by atoms with van der Waals surface area (Å²) in [5, 5.41) is 3.66. The average molecular weight is 376 g/mol. The van der Waals surface area contributed by atoms with E-state index in [0.29, 0.717) is 18.2 Å². The number of hydrogen-bond acceptors (Lipinski definition) is 4. The Kier molecular flexibility index (Phi) is 5.92. The summed E-state index contributed by atoms with van der Waals surface area (Å²) in [5.74, 6) is 0.0216. The minimum absolute atomic E-state index is 0.0454. The van der Waals surface area contributed by atoms with Crippen molar-refractivity contribution in [3.63, 3.8) is 0 Å². The Morgan fingerprint density at radius 2 is 2.00 bits per heavy atom. The van der Waals surface area contributed by atoms with E-state index in [4.69, 9.17) is 0 Å². The monoisotopic (exact) mass is 376 g/mol. The van der Waals surface area contributed by atoms with Crippen LogP contribution in [0.1, 0.15) is 19.8 Å². The quantitative estimate of drug-likeness (QED) is 0.786. The third-order valence-electron chi connectivity index (χ3n) is 4.35. The van der Waals surface area contributed by atoms with E-state index in [1.165, 1.54) is 23.9 Å². The maximum atomic E-state index is 13.0. The molecule has 138 valence electrons. The molecule has 0 saturated carbocycles. The van der Waals surface area contributed by atoms with Crippen molar-refractivity contribution in [3.05, 3.63) is 36.3 Å². The molecule has 26 heavy (non-hydrogen) atoms. The highest BCUT2D eigenvalue weighted by Crippen LogP contribution is 2.21. The van der Waals surface area contributed by atoms with Gasteiger partial charge in [-0.05, 0) is 42.7 Å². The molecule has 3 rings (SSSR count). The molecule has 0 atom stereocenters. The highest BCUT2D eigenvalue weighted by Gasteiger charge is 2.22. The van der Waals surface area contributed by atoms with Gasteiger partial charge in [-0.3, -0.25) is 9.59 Å². The number of amides is 2. The van der Waals surface area contributed by atoms with Crippen LogP contribution >= 0.6 is 11.8 Å². The smallest absolute Gasteiger partial charge is 0.230 e. The zero-order valence-electron chi connectivity index (χ0n) is 14.5. The first-order valence-electron chi connectivity index (χ1n) is 8.50. The molecule has 6 nitrogen and oxygen atoms in total. The molecule has 1 aromatic heterocycles. The summed E-state index contributed by atoms with van der Waals surface area (Å²) in [4.78, 5) is 32.6. The third kappa shape index (κ3) is 4.85. The van der Waals surface area contributed by atoms with Crippen LogP contribution < -0.4 is 5.32 Å². The van der Waals surface area contributed by atoms with Gasteiger partial charge in [-0.1, -0.05) is 11.8 Å². The number of aromatic nitrogens is 2. The van der Waals surface area contributed by atoms with E-state index in [1.807, 2.05) is 0 Å². The predicted molar refractivity (Wildman–Crippen MR) is 98.1 cm³/mol. The van der Waals surface area contributed by atoms with E-state index in [0.717, 1.165) is 24.1 Å². The second-order valence-electron chi connectivity index (χ2n) is 6.25. The molecule has 2 N–H and O–H groups in total. The predicted octanol–water partition coefficient (Wildman–Crippen LogP) is 2.44. The molecule has 2 amide bonds. The highest BCUT2D eigenvalue weighted by atomic mass is 32.2. The zero-order chi connectivity index (χ0) is 18.5. The fraction of sp³-hybridized carbons (Fsp3) is 0.389. The standard InChI is InChI=1S/C18H21FN4O2S/c1-12(24)23-8-6-15(7-9-23)21-17(25)11-26-18-20-10-16(22-18)13-2-4-14(19)5-3-13/h2-5,10,15H,6-9,11H2,1H3,(H,20,22)(H,21,25). The lowest BCUT2D eigenvalue weighted by Crippen LogP contribution is -2.46. The summed E-state index contributed by atoms with van der Waals surface area (Å²) < 4.78 is 13.0. The second-order valence-corrected chi connectivity index (χ2v) is 7.21. The first kappa shape index (κ1) is 18.4. The van der Waals surface area contributed by atoms with Gasteiger partial charge in [0.25, 0.3) is 0 Å². The maximum absolute atomic E-state index is 13.0. The van der Waals surface area contributed by atoms with E-state index < -0.39 is 0 Å². The SMILES string of the molecule is CC(=O)N1CCC(NC(=O)CSc2ncc(-c3ccc(F)cc3)[nH]2)CC1. The molecule has 1 fully saturated rings. The molecule has 2 heterocycles. The van der Waals surface area contributed by atoms with Crippen molar-refractivity contribution >= 4 is 23.6 Å². The number of halogens is 1. The number of carbonyl (C=O) groups is 2. The number of rotatable bonds is 5. The molecule has 0 unspecified atom stereocenters. The number of H-pyrrole nitrogens is 1. The molecule has 0 radical (unpaired) electrons. The summed E-state index contributed by atoms with van der Waals surface area (Å²) in [7, 11) is 0. The van der Waals surface area contributed by atoms with Crippen LogP contribution in [-0.2, 0) is 9.59 Å². The van der Waals surface area contributed by atoms with Gasteiger partial charge >= 0.3 is 0 Å². The topological polar surface area (TPSA) is 78.1 Å². The average Bonchev–Trinajstić information content (AvgIpc) is 3.10. The summed E-state index contributed by atoms with van der Waals surface area (Å²) >= 11 is 1.32. The number of thioether (sulfide) groups is 1. The molecule has 1 aromatic carbocycles. The van der Waals surface area contributed by atoms with Crippen LogP contribution in [0, 0.1) is 5.82 Å². The van der Waals surface area contributed by atoms with Crippen LogP contribution in [0.25, 0.3) is 11.3 Å². The lowest BCUT2D eigenvalue weighted by molar-refractivity contribution is -0.130. The largest absolute Gasteiger partial charge is 0.353 e. The number of carbonyl (C=O) groups excluding carboxylic acids is 2. The van der Waals surface area contributed by atoms with Crippen LogP contribution in [-0.4, -0.2) is 51.6 Å². The minimum Gasteiger partial charge on any atom is -0.353 e. The van der Waals surface area contributed by atoms with E-state index in [1.54, 1.807) is 30.2 Å². The Balaban J connectivity index is 1.45. The van der Waals surface area contributed by atoms with Crippen LogP contribution in [0.2, 0.25) is 0 Å². The van der Waals surface area contributed by atoms with Crippen LogP contribution in [0.4, 0.5) is 4.39 Å². The van der Waals surface area contributed by atoms with Crippen LogP contribution in [0.5, 0.6) is 0 Å². The normalized spacial score (nSPS) is 15.1. The molecular weight excluding hydrogens is 355 g/mol. The zero-order valence-corrected chi connectivity index (χ0v) is 15.3. The Bertz CT molecular complexity index is 770. The number of piperidine rings is 1. The van der Waals surface area contributed by atoms with Crippen molar-refractivity contribution in [1.82, 2.24) is 20.2 Å². The van der Waals surface area contributed by atoms with Gasteiger partial charge in [0.05, 0.1) is 17.6 Å². The molecule has 2 aromatic rings. The number of nitrogens with zero attached hydrogens (tertiary/aromatic N) is 2. The summed E-state index contributed by atoms with van der Waals surface area (Å²) in [6, 6.07) is 6.27. The number of nitrogens with one attached hydrogen (secondary N) is 2. The molecular formula is C18H21FN4O2S. The number of likely N-dealkylation sites (tertiary alicyclic amines) is 1. The van der Waals surface area contributed by atoms with Gasteiger partial charge < -0.3 is 15.2 Å². The van der Waals surface area contributed by atoms with Crippen molar-refractivity contribution in [2.45, 2.75) is 31.0 Å². The van der Waals surface area contributed by atoms with Gasteiger partial charge in [-0.25, -0.2) is 9.37 Å². The molecule has 8 heteroatoms. The fourth-order valence-electron chi connectivity index (χ4n) is 2.89. The second kappa shape index (κ2) is 8.35. The Morgan fingerprint density at radius 3 is 2.65 bits per heavy atom. The molecule has 1 aliphatic rings. The Hall–Kier alpha value is -2.35. The minimum atomic E-state index is -0.284. The lowest BCUT2D eigenvalue weighted by Gasteiger charge is -2.31. The summed E-state index contributed by atoms with van der Waals surface area (Å²) in [6.07, 6.45) is 3.24. The number of benzene rings is 1. The van der Waals surface area contributed by atoms with Gasteiger partial charge in [-0.2, -0.15) is 0 Å². The van der Waals surface area contributed by atoms with Gasteiger partial charge in [-0.15, -0.1) is 0 Å². The van der Waals surface area contributed by atoms with Crippen LogP contribution in [0.3, 0.4) is 0 Å². The Morgan fingerprint density at radius 1 is 1.31 bits per heavy atom. The molecule has 0 spiro atoms. The third-order valence-corrected chi connectivity index (χ3v) is 5.24. The molecule has 1 saturated heterocycles. The van der Waals surface area contributed by atoms with Crippen molar-refractivity contribution in [3.8, 4) is 11.3 Å². The maximum Gasteiger partial charge on any atom is 0.230 e. The van der Waals surface area contributed by atoms with Gasteiger partial charge in [0.15, 0.2) is 5.16 Å². The van der Waals surface area contributed by atoms with E-state index in [9.17, 15) is 14.0 Å². The lowest BCUT2D eigenvalue weighted by atomic mass is 10.1. The van der Waals surface area contributed by atoms with Crippen LogP contribution in [0.15, 0.2) is 35.6 Å². The van der Waals surface area contributed by atoms with E-state index in [-0.39, 0.29) is 29.4 Å². The summed E-state index contributed by atoms with van der Waals surface area (Å²) in [5.41, 5.74) is 1.62. The van der Waals surface area contributed by atoms with E-state index in [2.05, 4.69) is 15.3 Å². The molecule has 1 aliphatic heterocycles. The summed E-state index contributed by atoms with van der Waals surface area (Å²) in [6.45, 7) is 2.94. The molecule has 0 bridgehead atoms. The van der Waals surface area contributed by atoms with Crippen molar-refractivity contribution in [2.24, 2.45) is 0 Å². The Labute approximate surface area is 155 Å². The van der Waals surface area contributed by atoms with Crippen molar-refractivity contribution in [2.75, 3.05) is 18.8 Å². The first-order chi connectivity index (χ1) is 12.5. The highest BCUT2D eigenvalue weighted by molar-refractivity contribution is 7.99. The van der Waals surface area contributed by atoms with Crippen molar-refractivity contribution < 1.29 is 14.0 Å². The number of aromatic amines is 1. The van der Waals surface area contributed by atoms with Gasteiger partial charge in [0, 0.05) is 26.1 Å². The molecule has 0 aliphatic carbocycles. The van der Waals surface area contributed by atoms with Gasteiger partial charge in [0.2, 0.25) is 11.8 Å². The number of hydrogen-bond donors (Lipinski definition) is 2. The van der Waals surface area contributed by atoms with E-state index >= 15 is 0 Å². The number of imidazole rings is 1. The van der Waals surface area contributed by atoms with Gasteiger partial charge in [0.1, 0.15) is 5.82 Å². The fourth-order valence-corrected chi connectivity index (χ4v) is 3.55. The van der Waals surface area contributed by atoms with Crippen molar-refractivity contribution in [1.29, 1.82) is 0 Å².